The van der Waals surface area contributed by atoms with Gasteiger partial charge < -0.3 is 5.73 Å². The largest absolute Gasteiger partial charge is 0.326 e. The van der Waals surface area contributed by atoms with E-state index in [4.69, 9.17) is 11.1 Å². The second-order valence-corrected chi connectivity index (χ2v) is 2.19. The molecular weight excluding hydrogens is 136 g/mol. The molecule has 0 atom stereocenters. The highest BCUT2D eigenvalue weighted by molar-refractivity contribution is 5.77. The van der Waals surface area contributed by atoms with Crippen LogP contribution in [0.15, 0.2) is 24.3 Å². The minimum atomic E-state index is 0.508. The second-order valence-electron chi connectivity index (χ2n) is 2.19. The quantitative estimate of drug-likeness (QED) is 0.609. The lowest BCUT2D eigenvalue weighted by Crippen LogP contribution is -1.97. The first kappa shape index (κ1) is 7.73. The lowest BCUT2D eigenvalue weighted by atomic mass is 10.1. The molecule has 1 rings (SSSR count). The van der Waals surface area contributed by atoms with E-state index >= 15 is 0 Å². The molecule has 0 saturated carbocycles. The fourth-order valence-corrected chi connectivity index (χ4v) is 0.939. The predicted molar refractivity (Wildman–Crippen MR) is 46.5 cm³/mol. The Morgan fingerprint density at radius 3 is 2.82 bits per heavy atom. The molecule has 0 aliphatic heterocycles. The van der Waals surface area contributed by atoms with E-state index in [0.717, 1.165) is 11.1 Å². The average Bonchev–Trinajstić information content (AvgIpc) is 2.06. The standard InChI is InChI=1S/C9H10N2/c10-6-5-8-3-1-2-4-9(8)7-11/h1-5,10H,7,11H2. The molecule has 0 aliphatic carbocycles. The molecule has 3 N–H and O–H groups in total. The molecule has 0 saturated heterocycles. The van der Waals surface area contributed by atoms with Crippen molar-refractivity contribution in [2.75, 3.05) is 0 Å². The molecule has 0 unspecified atom stereocenters. The van der Waals surface area contributed by atoms with Gasteiger partial charge in [-0.05, 0) is 17.0 Å². The van der Waals surface area contributed by atoms with Gasteiger partial charge in [-0.2, -0.15) is 0 Å². The van der Waals surface area contributed by atoms with Crippen molar-refractivity contribution in [1.29, 1.82) is 5.41 Å². The molecule has 0 fully saturated rings. The number of benzene rings is 1. The maximum absolute atomic E-state index is 6.77. The van der Waals surface area contributed by atoms with Crippen molar-refractivity contribution in [3.05, 3.63) is 35.4 Å². The smallest absolute Gasteiger partial charge is 0.0184 e. The molecule has 0 radical (unpaired) electrons. The summed E-state index contributed by atoms with van der Waals surface area (Å²) in [5.41, 5.74) is 7.50. The molecule has 2 heteroatoms. The Hall–Kier alpha value is -1.37. The van der Waals surface area contributed by atoms with Crippen LogP contribution in [0.2, 0.25) is 0 Å². The second kappa shape index (κ2) is 3.71. The van der Waals surface area contributed by atoms with Crippen LogP contribution >= 0.6 is 0 Å². The lowest BCUT2D eigenvalue weighted by molar-refractivity contribution is 1.07. The van der Waals surface area contributed by atoms with Gasteiger partial charge in [-0.25, -0.2) is 0 Å². The van der Waals surface area contributed by atoms with Gasteiger partial charge in [0, 0.05) is 12.6 Å². The fourth-order valence-electron chi connectivity index (χ4n) is 0.939. The summed E-state index contributed by atoms with van der Waals surface area (Å²) in [6, 6.07) is 7.72. The predicted octanol–water partition coefficient (Wildman–Crippen LogP) is 1.41. The summed E-state index contributed by atoms with van der Waals surface area (Å²) in [5, 5.41) is 6.77. The minimum Gasteiger partial charge on any atom is -0.326 e. The summed E-state index contributed by atoms with van der Waals surface area (Å²) in [4.78, 5) is 0. The van der Waals surface area contributed by atoms with Crippen molar-refractivity contribution in [2.24, 2.45) is 5.73 Å². The van der Waals surface area contributed by atoms with Crippen LogP contribution in [-0.2, 0) is 6.54 Å². The molecule has 0 spiro atoms. The van der Waals surface area contributed by atoms with Crippen molar-refractivity contribution >= 4 is 11.9 Å². The first-order valence-electron chi connectivity index (χ1n) is 3.42. The Labute approximate surface area is 65.9 Å². The van der Waals surface area contributed by atoms with E-state index < -0.39 is 0 Å². The SMILES string of the molecule is N=C=Cc1ccccc1CN. The molecular formula is C9H10N2. The molecule has 0 aliphatic rings. The van der Waals surface area contributed by atoms with Crippen molar-refractivity contribution in [3.8, 4) is 0 Å². The lowest BCUT2D eigenvalue weighted by Gasteiger charge is -1.99. The molecule has 56 valence electrons. The molecule has 1 aromatic rings. The number of rotatable bonds is 2. The first-order valence-corrected chi connectivity index (χ1v) is 3.42. The Morgan fingerprint density at radius 2 is 2.18 bits per heavy atom. The Kier molecular flexibility index (Phi) is 2.61. The van der Waals surface area contributed by atoms with Crippen LogP contribution in [0, 0.1) is 5.41 Å². The molecule has 2 nitrogen and oxygen atoms in total. The summed E-state index contributed by atoms with van der Waals surface area (Å²) in [6.07, 6.45) is 1.61. The zero-order chi connectivity index (χ0) is 8.10. The van der Waals surface area contributed by atoms with E-state index in [-0.39, 0.29) is 0 Å². The summed E-state index contributed by atoms with van der Waals surface area (Å²) >= 11 is 0. The Bertz CT molecular complexity index is 285. The molecule has 0 aromatic heterocycles. The Balaban J connectivity index is 3.11. The van der Waals surface area contributed by atoms with Gasteiger partial charge in [-0.3, -0.25) is 5.41 Å². The third-order valence-corrected chi connectivity index (χ3v) is 1.50. The van der Waals surface area contributed by atoms with Crippen molar-refractivity contribution < 1.29 is 0 Å². The van der Waals surface area contributed by atoms with Crippen LogP contribution in [0.5, 0.6) is 0 Å². The average molecular weight is 146 g/mol. The topological polar surface area (TPSA) is 49.9 Å². The first-order chi connectivity index (χ1) is 5.38. The van der Waals surface area contributed by atoms with Crippen molar-refractivity contribution in [1.82, 2.24) is 0 Å². The van der Waals surface area contributed by atoms with Gasteiger partial charge in [0.2, 0.25) is 0 Å². The van der Waals surface area contributed by atoms with Gasteiger partial charge in [0.25, 0.3) is 0 Å². The minimum absolute atomic E-state index is 0.508. The van der Waals surface area contributed by atoms with Gasteiger partial charge in [0.15, 0.2) is 0 Å². The van der Waals surface area contributed by atoms with Crippen LogP contribution in [0.4, 0.5) is 0 Å². The number of hydrogen-bond acceptors (Lipinski definition) is 2. The molecule has 0 bridgehead atoms. The number of hydrogen-bond donors (Lipinski definition) is 2. The van der Waals surface area contributed by atoms with Crippen molar-refractivity contribution in [3.63, 3.8) is 0 Å². The maximum atomic E-state index is 6.77. The highest BCUT2D eigenvalue weighted by atomic mass is 14.5. The van der Waals surface area contributed by atoms with Crippen LogP contribution in [0.3, 0.4) is 0 Å². The summed E-state index contributed by atoms with van der Waals surface area (Å²) in [5.74, 6) is 2.23. The van der Waals surface area contributed by atoms with Gasteiger partial charge >= 0.3 is 0 Å². The van der Waals surface area contributed by atoms with Gasteiger partial charge in [-0.15, -0.1) is 0 Å². The van der Waals surface area contributed by atoms with Crippen LogP contribution in [-0.4, -0.2) is 5.87 Å². The van der Waals surface area contributed by atoms with Crippen LogP contribution in [0.1, 0.15) is 11.1 Å². The number of nitrogens with one attached hydrogen (secondary N) is 1. The zero-order valence-electron chi connectivity index (χ0n) is 6.17. The molecule has 0 amide bonds. The van der Waals surface area contributed by atoms with Gasteiger partial charge in [0.1, 0.15) is 0 Å². The van der Waals surface area contributed by atoms with E-state index in [1.165, 1.54) is 0 Å². The van der Waals surface area contributed by atoms with Crippen LogP contribution < -0.4 is 5.73 Å². The molecule has 0 heterocycles. The van der Waals surface area contributed by atoms with E-state index in [2.05, 4.69) is 5.87 Å². The van der Waals surface area contributed by atoms with E-state index in [9.17, 15) is 0 Å². The Morgan fingerprint density at radius 1 is 1.45 bits per heavy atom. The molecule has 11 heavy (non-hydrogen) atoms. The fraction of sp³-hybridized carbons (Fsp3) is 0.111. The summed E-state index contributed by atoms with van der Waals surface area (Å²) in [6.45, 7) is 0.508. The highest BCUT2D eigenvalue weighted by Gasteiger charge is 1.93. The van der Waals surface area contributed by atoms with Crippen molar-refractivity contribution in [2.45, 2.75) is 6.54 Å². The third-order valence-electron chi connectivity index (χ3n) is 1.50. The van der Waals surface area contributed by atoms with E-state index in [0.29, 0.717) is 6.54 Å². The van der Waals surface area contributed by atoms with Gasteiger partial charge in [0.05, 0.1) is 0 Å². The van der Waals surface area contributed by atoms with Crippen LogP contribution in [0.25, 0.3) is 6.08 Å². The molecule has 1 aromatic carbocycles. The summed E-state index contributed by atoms with van der Waals surface area (Å²) in [7, 11) is 0. The summed E-state index contributed by atoms with van der Waals surface area (Å²) < 4.78 is 0. The van der Waals surface area contributed by atoms with Gasteiger partial charge in [-0.1, -0.05) is 24.3 Å². The van der Waals surface area contributed by atoms with E-state index in [1.54, 1.807) is 6.08 Å². The normalized spacial score (nSPS) is 8.82. The number of nitrogens with two attached hydrogens (primary N) is 1. The zero-order valence-corrected chi connectivity index (χ0v) is 6.17. The maximum Gasteiger partial charge on any atom is 0.0184 e. The monoisotopic (exact) mass is 146 g/mol. The van der Waals surface area contributed by atoms with E-state index in [1.807, 2.05) is 24.3 Å². The highest BCUT2D eigenvalue weighted by Crippen LogP contribution is 2.07. The third kappa shape index (κ3) is 1.77.